The minimum absolute atomic E-state index is 0.734. The van der Waals surface area contributed by atoms with Crippen LogP contribution in [0.1, 0.15) is 32.3 Å². The molecule has 0 radical (unpaired) electrons. The first-order chi connectivity index (χ1) is 10.2. The molecule has 0 amide bonds. The molecule has 0 fully saturated rings. The molecule has 0 atom stereocenters. The second-order valence-corrected chi connectivity index (χ2v) is 6.12. The van der Waals surface area contributed by atoms with Crippen LogP contribution in [0, 0.1) is 5.92 Å². The van der Waals surface area contributed by atoms with Crippen molar-refractivity contribution in [3.63, 3.8) is 0 Å². The predicted octanol–water partition coefficient (Wildman–Crippen LogP) is 3.16. The molecule has 0 aliphatic heterocycles. The molecule has 1 aromatic carbocycles. The van der Waals surface area contributed by atoms with E-state index in [9.17, 15) is 0 Å². The van der Waals surface area contributed by atoms with Crippen LogP contribution in [0.15, 0.2) is 30.3 Å². The fourth-order valence-electron chi connectivity index (χ4n) is 2.14. The standard InChI is InChI=1S/C18H32N2O/c1-17(2)10-14-21-15-12-19-11-7-13-20(3)16-18-8-5-4-6-9-18/h4-6,8-9,17,19H,7,10-16H2,1-3H3. The first kappa shape index (κ1) is 18.1. The summed E-state index contributed by atoms with van der Waals surface area (Å²) in [4.78, 5) is 2.37. The van der Waals surface area contributed by atoms with Gasteiger partial charge in [-0.25, -0.2) is 0 Å². The zero-order chi connectivity index (χ0) is 15.3. The third-order valence-corrected chi connectivity index (χ3v) is 3.45. The van der Waals surface area contributed by atoms with E-state index in [1.54, 1.807) is 0 Å². The molecule has 0 aliphatic rings. The number of nitrogens with one attached hydrogen (secondary N) is 1. The van der Waals surface area contributed by atoms with Gasteiger partial charge in [0.1, 0.15) is 0 Å². The second-order valence-electron chi connectivity index (χ2n) is 6.12. The molecule has 0 spiro atoms. The summed E-state index contributed by atoms with van der Waals surface area (Å²) >= 11 is 0. The average Bonchev–Trinajstić information content (AvgIpc) is 2.46. The summed E-state index contributed by atoms with van der Waals surface area (Å²) in [5.74, 6) is 0.734. The molecule has 0 bridgehead atoms. The van der Waals surface area contributed by atoms with Crippen molar-refractivity contribution in [1.29, 1.82) is 0 Å². The van der Waals surface area contributed by atoms with E-state index >= 15 is 0 Å². The summed E-state index contributed by atoms with van der Waals surface area (Å²) in [6.07, 6.45) is 2.33. The van der Waals surface area contributed by atoms with Crippen molar-refractivity contribution in [2.75, 3.05) is 39.9 Å². The highest BCUT2D eigenvalue weighted by Crippen LogP contribution is 2.02. The molecule has 0 aliphatic carbocycles. The van der Waals surface area contributed by atoms with Crippen molar-refractivity contribution >= 4 is 0 Å². The Morgan fingerprint density at radius 2 is 1.86 bits per heavy atom. The van der Waals surface area contributed by atoms with Gasteiger partial charge in [0, 0.05) is 19.7 Å². The lowest BCUT2D eigenvalue weighted by Crippen LogP contribution is -2.26. The Morgan fingerprint density at radius 1 is 1.10 bits per heavy atom. The Kier molecular flexibility index (Phi) is 10.1. The van der Waals surface area contributed by atoms with Gasteiger partial charge < -0.3 is 15.0 Å². The maximum absolute atomic E-state index is 5.58. The third kappa shape index (κ3) is 10.5. The van der Waals surface area contributed by atoms with Gasteiger partial charge in [-0.05, 0) is 44.5 Å². The molecule has 3 nitrogen and oxygen atoms in total. The first-order valence-corrected chi connectivity index (χ1v) is 8.19. The van der Waals surface area contributed by atoms with Gasteiger partial charge in [0.2, 0.25) is 0 Å². The fraction of sp³-hybridized carbons (Fsp3) is 0.667. The lowest BCUT2D eigenvalue weighted by atomic mass is 10.1. The molecule has 1 N–H and O–H groups in total. The van der Waals surface area contributed by atoms with Gasteiger partial charge in [0.25, 0.3) is 0 Å². The molecule has 0 saturated carbocycles. The van der Waals surface area contributed by atoms with E-state index in [-0.39, 0.29) is 0 Å². The second kappa shape index (κ2) is 11.7. The summed E-state index contributed by atoms with van der Waals surface area (Å²) in [5, 5.41) is 3.44. The normalized spacial score (nSPS) is 11.5. The summed E-state index contributed by atoms with van der Waals surface area (Å²) in [7, 11) is 2.18. The van der Waals surface area contributed by atoms with E-state index < -0.39 is 0 Å². The Bertz CT molecular complexity index is 340. The number of nitrogens with zero attached hydrogens (tertiary/aromatic N) is 1. The van der Waals surface area contributed by atoms with Gasteiger partial charge >= 0.3 is 0 Å². The molecule has 21 heavy (non-hydrogen) atoms. The van der Waals surface area contributed by atoms with E-state index in [0.717, 1.165) is 51.7 Å². The average molecular weight is 292 g/mol. The van der Waals surface area contributed by atoms with Crippen LogP contribution >= 0.6 is 0 Å². The summed E-state index contributed by atoms with van der Waals surface area (Å²) in [6.45, 7) is 10.3. The number of hydrogen-bond donors (Lipinski definition) is 1. The number of rotatable bonds is 12. The highest BCUT2D eigenvalue weighted by molar-refractivity contribution is 5.14. The van der Waals surface area contributed by atoms with Gasteiger partial charge in [-0.3, -0.25) is 0 Å². The van der Waals surface area contributed by atoms with Crippen LogP contribution in [-0.4, -0.2) is 44.8 Å². The van der Waals surface area contributed by atoms with Gasteiger partial charge in [-0.15, -0.1) is 0 Å². The number of ether oxygens (including phenoxy) is 1. The molecule has 0 unspecified atom stereocenters. The Hall–Kier alpha value is -0.900. The minimum atomic E-state index is 0.734. The third-order valence-electron chi connectivity index (χ3n) is 3.45. The van der Waals surface area contributed by atoms with Crippen LogP contribution in [0.4, 0.5) is 0 Å². The smallest absolute Gasteiger partial charge is 0.0590 e. The quantitative estimate of drug-likeness (QED) is 0.599. The summed E-state index contributed by atoms with van der Waals surface area (Å²) in [6, 6.07) is 10.6. The topological polar surface area (TPSA) is 24.5 Å². The van der Waals surface area contributed by atoms with Crippen LogP contribution in [0.2, 0.25) is 0 Å². The van der Waals surface area contributed by atoms with Crippen molar-refractivity contribution in [3.8, 4) is 0 Å². The number of benzene rings is 1. The lowest BCUT2D eigenvalue weighted by molar-refractivity contribution is 0.125. The van der Waals surface area contributed by atoms with Crippen molar-refractivity contribution in [2.45, 2.75) is 33.2 Å². The van der Waals surface area contributed by atoms with E-state index in [2.05, 4.69) is 61.4 Å². The van der Waals surface area contributed by atoms with Crippen LogP contribution in [0.5, 0.6) is 0 Å². The van der Waals surface area contributed by atoms with E-state index in [0.29, 0.717) is 0 Å². The summed E-state index contributed by atoms with van der Waals surface area (Å²) < 4.78 is 5.58. The van der Waals surface area contributed by atoms with Crippen LogP contribution in [0.3, 0.4) is 0 Å². The molecule has 120 valence electrons. The van der Waals surface area contributed by atoms with Crippen LogP contribution in [-0.2, 0) is 11.3 Å². The van der Waals surface area contributed by atoms with E-state index in [1.807, 2.05) is 0 Å². The molecule has 1 aromatic rings. The van der Waals surface area contributed by atoms with Crippen molar-refractivity contribution in [1.82, 2.24) is 10.2 Å². The highest BCUT2D eigenvalue weighted by Gasteiger charge is 1.99. The van der Waals surface area contributed by atoms with Crippen molar-refractivity contribution in [3.05, 3.63) is 35.9 Å². The highest BCUT2D eigenvalue weighted by atomic mass is 16.5. The molecular weight excluding hydrogens is 260 g/mol. The molecule has 1 rings (SSSR count). The monoisotopic (exact) mass is 292 g/mol. The zero-order valence-electron chi connectivity index (χ0n) is 14.0. The molecule has 0 heterocycles. The maximum atomic E-state index is 5.58. The first-order valence-electron chi connectivity index (χ1n) is 8.19. The Labute approximate surface area is 130 Å². The van der Waals surface area contributed by atoms with Gasteiger partial charge in [-0.1, -0.05) is 44.2 Å². The fourth-order valence-corrected chi connectivity index (χ4v) is 2.14. The van der Waals surface area contributed by atoms with Gasteiger partial charge in [-0.2, -0.15) is 0 Å². The molecule has 0 saturated heterocycles. The van der Waals surface area contributed by atoms with Crippen LogP contribution in [0.25, 0.3) is 0 Å². The van der Waals surface area contributed by atoms with Gasteiger partial charge in [0.05, 0.1) is 6.61 Å². The van der Waals surface area contributed by atoms with Crippen molar-refractivity contribution < 1.29 is 4.74 Å². The lowest BCUT2D eigenvalue weighted by Gasteiger charge is -2.16. The van der Waals surface area contributed by atoms with E-state index in [1.165, 1.54) is 12.0 Å². The summed E-state index contributed by atoms with van der Waals surface area (Å²) in [5.41, 5.74) is 1.38. The molecule has 3 heteroatoms. The molecular formula is C18H32N2O. The predicted molar refractivity (Wildman–Crippen MR) is 90.5 cm³/mol. The minimum Gasteiger partial charge on any atom is -0.380 e. The zero-order valence-corrected chi connectivity index (χ0v) is 14.0. The van der Waals surface area contributed by atoms with Crippen LogP contribution < -0.4 is 5.32 Å². The van der Waals surface area contributed by atoms with Gasteiger partial charge in [0.15, 0.2) is 0 Å². The molecule has 0 aromatic heterocycles. The largest absolute Gasteiger partial charge is 0.380 e. The Balaban J connectivity index is 1.90. The maximum Gasteiger partial charge on any atom is 0.0590 e. The number of hydrogen-bond acceptors (Lipinski definition) is 3. The SMILES string of the molecule is CC(C)CCOCCNCCCN(C)Cc1ccccc1. The Morgan fingerprint density at radius 3 is 2.57 bits per heavy atom. The van der Waals surface area contributed by atoms with E-state index in [4.69, 9.17) is 4.74 Å². The van der Waals surface area contributed by atoms with Crippen molar-refractivity contribution in [2.24, 2.45) is 5.92 Å².